The Morgan fingerprint density at radius 3 is 2.92 bits per heavy atom. The highest BCUT2D eigenvalue weighted by Gasteiger charge is 2.32. The van der Waals surface area contributed by atoms with Crippen molar-refractivity contribution in [1.29, 1.82) is 0 Å². The number of carbonyl (C=O) groups excluding carboxylic acids is 2. The summed E-state index contributed by atoms with van der Waals surface area (Å²) in [5, 5.41) is 6.63. The molecule has 1 atom stereocenters. The number of carbonyl (C=O) groups is 2. The van der Waals surface area contributed by atoms with Gasteiger partial charge in [0.25, 0.3) is 0 Å². The Morgan fingerprint density at radius 2 is 2.16 bits per heavy atom. The number of fused-ring (bicyclic) bond motifs is 1. The molecule has 1 aromatic heterocycles. The van der Waals surface area contributed by atoms with Gasteiger partial charge in [-0.05, 0) is 37.8 Å². The van der Waals surface area contributed by atoms with Crippen molar-refractivity contribution in [3.63, 3.8) is 0 Å². The van der Waals surface area contributed by atoms with Gasteiger partial charge in [-0.25, -0.2) is 4.39 Å². The van der Waals surface area contributed by atoms with E-state index in [4.69, 9.17) is 0 Å². The van der Waals surface area contributed by atoms with E-state index in [1.807, 2.05) is 11.7 Å². The van der Waals surface area contributed by atoms with Crippen LogP contribution in [0.1, 0.15) is 35.7 Å². The summed E-state index contributed by atoms with van der Waals surface area (Å²) in [5.74, 6) is -2.07. The smallest absolute Gasteiger partial charge is 0.313 e. The number of nitrogens with zero attached hydrogens (tertiary/aromatic N) is 3. The fourth-order valence-corrected chi connectivity index (χ4v) is 3.31. The second-order valence-electron chi connectivity index (χ2n) is 6.38. The molecule has 1 heterocycles. The summed E-state index contributed by atoms with van der Waals surface area (Å²) in [7, 11) is 3.47. The van der Waals surface area contributed by atoms with E-state index in [0.717, 1.165) is 30.5 Å². The summed E-state index contributed by atoms with van der Waals surface area (Å²) in [6, 6.07) is 4.47. The summed E-state index contributed by atoms with van der Waals surface area (Å²) in [6.45, 7) is 1.60. The molecule has 3 rings (SSSR count). The number of amides is 2. The zero-order valence-electron chi connectivity index (χ0n) is 14.5. The van der Waals surface area contributed by atoms with E-state index >= 15 is 0 Å². The first-order chi connectivity index (χ1) is 11.9. The molecule has 0 fully saturated rings. The third kappa shape index (κ3) is 3.14. The molecular formula is C18H21FN4O2. The van der Waals surface area contributed by atoms with E-state index in [9.17, 15) is 14.0 Å². The van der Waals surface area contributed by atoms with Gasteiger partial charge in [-0.2, -0.15) is 5.10 Å². The molecule has 0 bridgehead atoms. The normalized spacial score (nSPS) is 16.2. The predicted molar refractivity (Wildman–Crippen MR) is 91.4 cm³/mol. The Hall–Kier alpha value is -2.70. The van der Waals surface area contributed by atoms with Gasteiger partial charge < -0.3 is 10.2 Å². The van der Waals surface area contributed by atoms with Crippen molar-refractivity contribution in [1.82, 2.24) is 14.7 Å². The van der Waals surface area contributed by atoms with Crippen molar-refractivity contribution >= 4 is 17.5 Å². The summed E-state index contributed by atoms with van der Waals surface area (Å²) in [4.78, 5) is 26.2. The highest BCUT2D eigenvalue weighted by atomic mass is 19.1. The van der Waals surface area contributed by atoms with Gasteiger partial charge in [0.2, 0.25) is 0 Å². The fourth-order valence-electron chi connectivity index (χ4n) is 3.31. The van der Waals surface area contributed by atoms with Gasteiger partial charge >= 0.3 is 11.8 Å². The molecule has 1 N–H and O–H groups in total. The highest BCUT2D eigenvalue weighted by Crippen LogP contribution is 2.33. The van der Waals surface area contributed by atoms with Crippen LogP contribution >= 0.6 is 0 Å². The lowest BCUT2D eigenvalue weighted by atomic mass is 9.92. The third-order valence-corrected chi connectivity index (χ3v) is 4.77. The average Bonchev–Trinajstić information content (AvgIpc) is 2.99. The number of aromatic nitrogens is 2. The van der Waals surface area contributed by atoms with Crippen molar-refractivity contribution in [3.8, 4) is 0 Å². The van der Waals surface area contributed by atoms with E-state index < -0.39 is 17.6 Å². The van der Waals surface area contributed by atoms with Gasteiger partial charge in [-0.1, -0.05) is 12.1 Å². The Labute approximate surface area is 145 Å². The Balaban J connectivity index is 1.76. The number of likely N-dealkylation sites (N-methyl/N-ethyl adjacent to an activating group) is 1. The molecular weight excluding hydrogens is 323 g/mol. The molecule has 2 aromatic rings. The first kappa shape index (κ1) is 17.1. The Kier molecular flexibility index (Phi) is 4.57. The molecule has 7 heteroatoms. The lowest BCUT2D eigenvalue weighted by Crippen LogP contribution is -2.40. The monoisotopic (exact) mass is 344 g/mol. The number of anilines is 1. The number of benzene rings is 1. The van der Waals surface area contributed by atoms with Gasteiger partial charge in [0.15, 0.2) is 0 Å². The number of aryl methyl sites for hydroxylation is 2. The maximum Gasteiger partial charge on any atom is 0.313 e. The molecule has 25 heavy (non-hydrogen) atoms. The van der Waals surface area contributed by atoms with Gasteiger partial charge in [0.1, 0.15) is 5.82 Å². The summed E-state index contributed by atoms with van der Waals surface area (Å²) in [5.41, 5.74) is 2.48. The van der Waals surface area contributed by atoms with Crippen LogP contribution in [-0.2, 0) is 23.1 Å². The van der Waals surface area contributed by atoms with E-state index in [0.29, 0.717) is 5.56 Å². The fraction of sp³-hybridized carbons (Fsp3) is 0.389. The highest BCUT2D eigenvalue weighted by molar-refractivity contribution is 6.39. The number of hydrogen-bond acceptors (Lipinski definition) is 3. The van der Waals surface area contributed by atoms with Crippen molar-refractivity contribution in [2.45, 2.75) is 32.2 Å². The number of rotatable bonds is 2. The topological polar surface area (TPSA) is 67.2 Å². The van der Waals surface area contributed by atoms with Crippen LogP contribution in [0.4, 0.5) is 10.1 Å². The molecule has 1 aliphatic rings. The van der Waals surface area contributed by atoms with E-state index in [1.165, 1.54) is 11.0 Å². The Bertz CT molecular complexity index is 830. The van der Waals surface area contributed by atoms with Gasteiger partial charge in [0, 0.05) is 25.4 Å². The van der Waals surface area contributed by atoms with Crippen molar-refractivity contribution in [2.75, 3.05) is 12.4 Å². The van der Waals surface area contributed by atoms with E-state index in [-0.39, 0.29) is 11.7 Å². The SMILES string of the molecule is Cc1cccc(NC(=O)C(=O)N(C)C2CCCc3c2cnn3C)c1F. The predicted octanol–water partition coefficient (Wildman–Crippen LogP) is 2.34. The Morgan fingerprint density at radius 1 is 1.40 bits per heavy atom. The molecule has 1 aliphatic carbocycles. The van der Waals surface area contributed by atoms with Crippen LogP contribution in [-0.4, -0.2) is 33.5 Å². The molecule has 1 unspecified atom stereocenters. The molecule has 0 saturated heterocycles. The largest absolute Gasteiger partial charge is 0.330 e. The average molecular weight is 344 g/mol. The van der Waals surface area contributed by atoms with E-state index in [1.54, 1.807) is 32.3 Å². The molecule has 2 amide bonds. The van der Waals surface area contributed by atoms with Gasteiger partial charge in [-0.15, -0.1) is 0 Å². The molecule has 0 aliphatic heterocycles. The zero-order valence-corrected chi connectivity index (χ0v) is 14.5. The summed E-state index contributed by atoms with van der Waals surface area (Å²) >= 11 is 0. The first-order valence-corrected chi connectivity index (χ1v) is 8.24. The number of halogens is 1. The number of nitrogens with one attached hydrogen (secondary N) is 1. The van der Waals surface area contributed by atoms with Gasteiger partial charge in [-0.3, -0.25) is 14.3 Å². The molecule has 0 saturated carbocycles. The second-order valence-corrected chi connectivity index (χ2v) is 6.38. The minimum Gasteiger partial charge on any atom is -0.330 e. The number of hydrogen-bond donors (Lipinski definition) is 1. The van der Waals surface area contributed by atoms with E-state index in [2.05, 4.69) is 10.4 Å². The van der Waals surface area contributed by atoms with Crippen molar-refractivity contribution < 1.29 is 14.0 Å². The van der Waals surface area contributed by atoms with Crippen LogP contribution in [0.15, 0.2) is 24.4 Å². The van der Waals surface area contributed by atoms with Crippen LogP contribution in [0.3, 0.4) is 0 Å². The molecule has 132 valence electrons. The first-order valence-electron chi connectivity index (χ1n) is 8.24. The lowest BCUT2D eigenvalue weighted by molar-refractivity contribution is -0.144. The van der Waals surface area contributed by atoms with Crippen LogP contribution in [0.5, 0.6) is 0 Å². The molecule has 0 radical (unpaired) electrons. The van der Waals surface area contributed by atoms with Crippen LogP contribution in [0.2, 0.25) is 0 Å². The summed E-state index contributed by atoms with van der Waals surface area (Å²) in [6.07, 6.45) is 4.35. The second kappa shape index (κ2) is 6.66. The van der Waals surface area contributed by atoms with Gasteiger partial charge in [0.05, 0.1) is 17.9 Å². The standard InChI is InChI=1S/C18H21FN4O2/c1-11-6-4-7-13(16(11)19)21-17(24)18(25)22(2)14-8-5-9-15-12(14)10-20-23(15)3/h4,6-7,10,14H,5,8-9H2,1-3H3,(H,21,24). The lowest BCUT2D eigenvalue weighted by Gasteiger charge is -2.31. The van der Waals surface area contributed by atoms with Crippen molar-refractivity contribution in [2.24, 2.45) is 7.05 Å². The molecule has 1 aromatic carbocycles. The zero-order chi connectivity index (χ0) is 18.1. The maximum absolute atomic E-state index is 14.0. The van der Waals surface area contributed by atoms with Crippen LogP contribution in [0.25, 0.3) is 0 Å². The maximum atomic E-state index is 14.0. The third-order valence-electron chi connectivity index (χ3n) is 4.77. The molecule has 6 nitrogen and oxygen atoms in total. The quantitative estimate of drug-likeness (QED) is 0.851. The van der Waals surface area contributed by atoms with Crippen LogP contribution < -0.4 is 5.32 Å². The minimum atomic E-state index is -0.844. The summed E-state index contributed by atoms with van der Waals surface area (Å²) < 4.78 is 15.8. The minimum absolute atomic E-state index is 0.0115. The van der Waals surface area contributed by atoms with Crippen LogP contribution in [0, 0.1) is 12.7 Å². The van der Waals surface area contributed by atoms with Crippen molar-refractivity contribution in [3.05, 3.63) is 47.0 Å². The molecule has 0 spiro atoms.